The first-order valence-corrected chi connectivity index (χ1v) is 5.22. The molecule has 0 aliphatic heterocycles. The van der Waals surface area contributed by atoms with Crippen molar-refractivity contribution >= 4 is 0 Å². The summed E-state index contributed by atoms with van der Waals surface area (Å²) in [6, 6.07) is 2.30. The van der Waals surface area contributed by atoms with Crippen molar-refractivity contribution in [3.63, 3.8) is 0 Å². The van der Waals surface area contributed by atoms with Crippen molar-refractivity contribution in [2.75, 3.05) is 0 Å². The molecule has 1 heterocycles. The highest BCUT2D eigenvalue weighted by molar-refractivity contribution is 5.24. The summed E-state index contributed by atoms with van der Waals surface area (Å²) < 4.78 is 0. The number of aromatic nitrogens is 1. The van der Waals surface area contributed by atoms with Crippen molar-refractivity contribution < 1.29 is 0 Å². The molecular weight excluding hydrogens is 158 g/mol. The van der Waals surface area contributed by atoms with Crippen LogP contribution in [0.1, 0.15) is 43.5 Å². The average molecular weight is 177 g/mol. The van der Waals surface area contributed by atoms with Gasteiger partial charge < -0.3 is 0 Å². The van der Waals surface area contributed by atoms with E-state index in [4.69, 9.17) is 0 Å². The summed E-state index contributed by atoms with van der Waals surface area (Å²) in [6.07, 6.45) is 6.82. The Kier molecular flexibility index (Phi) is 3.94. The largest absolute Gasteiger partial charge is 0.261 e. The molecule has 1 nitrogen and oxygen atoms in total. The summed E-state index contributed by atoms with van der Waals surface area (Å²) in [5.41, 5.74) is 3.97. The van der Waals surface area contributed by atoms with Gasteiger partial charge in [0.1, 0.15) is 0 Å². The van der Waals surface area contributed by atoms with Gasteiger partial charge in [0.15, 0.2) is 0 Å². The van der Waals surface area contributed by atoms with E-state index in [0.717, 1.165) is 6.42 Å². The fourth-order valence-corrected chi connectivity index (χ4v) is 1.50. The first-order chi connectivity index (χ1) is 6.27. The van der Waals surface area contributed by atoms with Gasteiger partial charge in [-0.15, -0.1) is 0 Å². The predicted octanol–water partition coefficient (Wildman–Crippen LogP) is 3.30. The van der Waals surface area contributed by atoms with Gasteiger partial charge in [-0.25, -0.2) is 0 Å². The molecule has 0 aromatic carbocycles. The van der Waals surface area contributed by atoms with Gasteiger partial charge in [-0.1, -0.05) is 26.3 Å². The number of nitrogens with zero attached hydrogens (tertiary/aromatic N) is 1. The van der Waals surface area contributed by atoms with Crippen molar-refractivity contribution in [3.05, 3.63) is 29.1 Å². The van der Waals surface area contributed by atoms with E-state index in [2.05, 4.69) is 31.8 Å². The highest BCUT2D eigenvalue weighted by atomic mass is 14.7. The molecule has 0 aliphatic carbocycles. The van der Waals surface area contributed by atoms with Crippen LogP contribution in [0, 0.1) is 6.92 Å². The molecule has 0 spiro atoms. The highest BCUT2D eigenvalue weighted by Crippen LogP contribution is 2.10. The van der Waals surface area contributed by atoms with Crippen LogP contribution in [-0.2, 0) is 12.8 Å². The van der Waals surface area contributed by atoms with Crippen molar-refractivity contribution in [1.29, 1.82) is 0 Å². The Morgan fingerprint density at radius 1 is 1.31 bits per heavy atom. The van der Waals surface area contributed by atoms with Crippen LogP contribution in [0.3, 0.4) is 0 Å². The van der Waals surface area contributed by atoms with Gasteiger partial charge in [-0.05, 0) is 37.3 Å². The molecule has 0 unspecified atom stereocenters. The average Bonchev–Trinajstić information content (AvgIpc) is 2.16. The maximum Gasteiger partial charge on any atom is 0.0404 e. The van der Waals surface area contributed by atoms with Crippen LogP contribution in [0.25, 0.3) is 0 Å². The Labute approximate surface area is 81.2 Å². The van der Waals surface area contributed by atoms with Crippen molar-refractivity contribution in [1.82, 2.24) is 4.98 Å². The summed E-state index contributed by atoms with van der Waals surface area (Å²) in [5.74, 6) is 0. The zero-order valence-corrected chi connectivity index (χ0v) is 8.93. The SMILES string of the molecule is CCCCc1cnc(C)c(CC)c1. The molecule has 0 radical (unpaired) electrons. The van der Waals surface area contributed by atoms with Gasteiger partial charge in [-0.3, -0.25) is 4.98 Å². The number of hydrogen-bond donors (Lipinski definition) is 0. The van der Waals surface area contributed by atoms with Crippen LogP contribution in [0.15, 0.2) is 12.3 Å². The van der Waals surface area contributed by atoms with E-state index in [0.29, 0.717) is 0 Å². The van der Waals surface area contributed by atoms with Gasteiger partial charge in [-0.2, -0.15) is 0 Å². The maximum atomic E-state index is 4.40. The summed E-state index contributed by atoms with van der Waals surface area (Å²) >= 11 is 0. The lowest BCUT2D eigenvalue weighted by Gasteiger charge is -2.05. The fraction of sp³-hybridized carbons (Fsp3) is 0.583. The van der Waals surface area contributed by atoms with E-state index in [1.165, 1.54) is 36.1 Å². The Balaban J connectivity index is 2.74. The van der Waals surface area contributed by atoms with Gasteiger partial charge in [0.05, 0.1) is 0 Å². The van der Waals surface area contributed by atoms with Crippen LogP contribution < -0.4 is 0 Å². The molecule has 1 aromatic heterocycles. The molecule has 72 valence electrons. The lowest BCUT2D eigenvalue weighted by Crippen LogP contribution is -1.94. The second-order valence-corrected chi connectivity index (χ2v) is 3.55. The summed E-state index contributed by atoms with van der Waals surface area (Å²) in [7, 11) is 0. The normalized spacial score (nSPS) is 10.4. The number of pyridine rings is 1. The number of unbranched alkanes of at least 4 members (excludes halogenated alkanes) is 1. The smallest absolute Gasteiger partial charge is 0.0404 e. The standard InChI is InChI=1S/C12H19N/c1-4-6-7-11-8-12(5-2)10(3)13-9-11/h8-9H,4-7H2,1-3H3. The molecule has 0 saturated carbocycles. The summed E-state index contributed by atoms with van der Waals surface area (Å²) in [6.45, 7) is 6.50. The minimum Gasteiger partial charge on any atom is -0.261 e. The molecule has 1 aromatic rings. The number of hydrogen-bond acceptors (Lipinski definition) is 1. The van der Waals surface area contributed by atoms with Crippen molar-refractivity contribution in [2.45, 2.75) is 46.5 Å². The van der Waals surface area contributed by atoms with Crippen LogP contribution >= 0.6 is 0 Å². The van der Waals surface area contributed by atoms with E-state index in [-0.39, 0.29) is 0 Å². The van der Waals surface area contributed by atoms with Gasteiger partial charge in [0.25, 0.3) is 0 Å². The maximum absolute atomic E-state index is 4.40. The van der Waals surface area contributed by atoms with E-state index in [1.807, 2.05) is 6.20 Å². The molecule has 1 rings (SSSR count). The molecule has 0 fully saturated rings. The van der Waals surface area contributed by atoms with E-state index in [9.17, 15) is 0 Å². The zero-order valence-electron chi connectivity index (χ0n) is 8.93. The Bertz CT molecular complexity index is 266. The summed E-state index contributed by atoms with van der Waals surface area (Å²) in [5, 5.41) is 0. The van der Waals surface area contributed by atoms with Gasteiger partial charge >= 0.3 is 0 Å². The second kappa shape index (κ2) is 5.00. The van der Waals surface area contributed by atoms with Crippen molar-refractivity contribution in [2.24, 2.45) is 0 Å². The van der Waals surface area contributed by atoms with E-state index >= 15 is 0 Å². The molecule has 13 heavy (non-hydrogen) atoms. The Morgan fingerprint density at radius 2 is 2.08 bits per heavy atom. The Morgan fingerprint density at radius 3 is 2.69 bits per heavy atom. The van der Waals surface area contributed by atoms with Crippen LogP contribution in [0.2, 0.25) is 0 Å². The third kappa shape index (κ3) is 2.83. The first-order valence-electron chi connectivity index (χ1n) is 5.22. The third-order valence-electron chi connectivity index (χ3n) is 2.45. The first kappa shape index (κ1) is 10.2. The monoisotopic (exact) mass is 177 g/mol. The lowest BCUT2D eigenvalue weighted by atomic mass is 10.1. The number of aryl methyl sites for hydroxylation is 3. The van der Waals surface area contributed by atoms with Crippen LogP contribution in [-0.4, -0.2) is 4.98 Å². The van der Waals surface area contributed by atoms with Crippen molar-refractivity contribution in [3.8, 4) is 0 Å². The molecular formula is C12H19N. The highest BCUT2D eigenvalue weighted by Gasteiger charge is 1.99. The molecule has 0 atom stereocenters. The van der Waals surface area contributed by atoms with E-state index in [1.54, 1.807) is 0 Å². The van der Waals surface area contributed by atoms with Gasteiger partial charge in [0, 0.05) is 11.9 Å². The minimum atomic E-state index is 1.10. The topological polar surface area (TPSA) is 12.9 Å². The molecule has 0 N–H and O–H groups in total. The molecule has 0 saturated heterocycles. The molecule has 0 amide bonds. The predicted molar refractivity (Wildman–Crippen MR) is 57.0 cm³/mol. The third-order valence-corrected chi connectivity index (χ3v) is 2.45. The Hall–Kier alpha value is -0.850. The number of rotatable bonds is 4. The van der Waals surface area contributed by atoms with Gasteiger partial charge in [0.2, 0.25) is 0 Å². The molecule has 0 aliphatic rings. The summed E-state index contributed by atoms with van der Waals surface area (Å²) in [4.78, 5) is 4.40. The lowest BCUT2D eigenvalue weighted by molar-refractivity contribution is 0.789. The zero-order chi connectivity index (χ0) is 9.68. The minimum absolute atomic E-state index is 1.10. The van der Waals surface area contributed by atoms with Crippen LogP contribution in [0.4, 0.5) is 0 Å². The quantitative estimate of drug-likeness (QED) is 0.687. The van der Waals surface area contributed by atoms with Crippen LogP contribution in [0.5, 0.6) is 0 Å². The second-order valence-electron chi connectivity index (χ2n) is 3.55. The molecule has 1 heteroatoms. The fourth-order valence-electron chi connectivity index (χ4n) is 1.50. The molecule has 0 bridgehead atoms. The van der Waals surface area contributed by atoms with E-state index < -0.39 is 0 Å².